The van der Waals surface area contributed by atoms with Crippen LogP contribution in [-0.2, 0) is 12.8 Å². The molecular formula is C28H28Cl2MgN4O6. The Hall–Kier alpha value is -3.51. The SMILES string of the molecule is COc1nc(C(=O)O)nc(C)c1Cc1ccccc1Cl.COc1nc(C(=O)O)nc(C)c1Cc1ccccc1Cl.[H-].[H-].[Mg+2]. The first-order chi connectivity index (χ1) is 19.0. The first kappa shape index (κ1) is 33.7. The van der Waals surface area contributed by atoms with E-state index in [1.54, 1.807) is 26.0 Å². The van der Waals surface area contributed by atoms with Crippen molar-refractivity contribution in [2.75, 3.05) is 14.2 Å². The Morgan fingerprint density at radius 3 is 1.34 bits per heavy atom. The van der Waals surface area contributed by atoms with Gasteiger partial charge in [0.05, 0.1) is 14.2 Å². The Morgan fingerprint density at radius 2 is 1.05 bits per heavy atom. The van der Waals surface area contributed by atoms with Crippen LogP contribution >= 0.6 is 23.2 Å². The zero-order valence-electron chi connectivity index (χ0n) is 24.8. The number of aromatic nitrogens is 4. The Morgan fingerprint density at radius 1 is 0.707 bits per heavy atom. The van der Waals surface area contributed by atoms with Crippen LogP contribution in [0.5, 0.6) is 11.8 Å². The molecule has 2 aromatic heterocycles. The minimum atomic E-state index is -1.18. The van der Waals surface area contributed by atoms with E-state index in [1.165, 1.54) is 14.2 Å². The number of aryl methyl sites for hydroxylation is 2. The van der Waals surface area contributed by atoms with E-state index < -0.39 is 11.9 Å². The largest absolute Gasteiger partial charge is 2.00 e. The number of carboxylic acids is 2. The van der Waals surface area contributed by atoms with Gasteiger partial charge in [-0.15, -0.1) is 0 Å². The van der Waals surface area contributed by atoms with E-state index in [1.807, 2.05) is 36.4 Å². The standard InChI is InChI=1S/2C14H13ClN2O3.Mg.2H/c2*1-8-10(7-9-5-3-4-6-11(9)15)13(20-2)17-12(16-8)14(18)19;;;/h2*3-6H,7H2,1-2H3,(H,18,19);;;/q;;+2;2*-1. The van der Waals surface area contributed by atoms with E-state index in [0.717, 1.165) is 22.3 Å². The molecule has 0 amide bonds. The number of nitrogens with zero attached hydrogens (tertiary/aromatic N) is 4. The van der Waals surface area contributed by atoms with Crippen LogP contribution in [0, 0.1) is 13.8 Å². The minimum absolute atomic E-state index is 0. The fourth-order valence-electron chi connectivity index (χ4n) is 3.74. The number of ether oxygens (including phenoxy) is 2. The second-order valence-electron chi connectivity index (χ2n) is 8.39. The Kier molecular flexibility index (Phi) is 12.7. The number of hydrogen-bond donors (Lipinski definition) is 2. The van der Waals surface area contributed by atoms with Crippen molar-refractivity contribution in [3.63, 3.8) is 0 Å². The molecule has 13 heteroatoms. The smallest absolute Gasteiger partial charge is 1.00 e. The number of hydrogen-bond acceptors (Lipinski definition) is 8. The normalized spacial score (nSPS) is 10.1. The van der Waals surface area contributed by atoms with Crippen molar-refractivity contribution in [3.8, 4) is 11.8 Å². The summed E-state index contributed by atoms with van der Waals surface area (Å²) in [5, 5.41) is 19.2. The monoisotopic (exact) mass is 610 g/mol. The predicted octanol–water partition coefficient (Wildman–Crippen LogP) is 5.32. The molecule has 41 heavy (non-hydrogen) atoms. The number of carbonyl (C=O) groups is 2. The molecule has 4 aromatic rings. The summed E-state index contributed by atoms with van der Waals surface area (Å²) in [6.07, 6.45) is 0.961. The maximum absolute atomic E-state index is 10.9. The molecular weight excluding hydrogens is 584 g/mol. The number of methoxy groups -OCH3 is 2. The Bertz CT molecular complexity index is 1450. The Balaban J connectivity index is 0.000000767. The molecule has 0 fully saturated rings. The van der Waals surface area contributed by atoms with Crippen LogP contribution in [0.15, 0.2) is 48.5 Å². The number of aromatic carboxylic acids is 2. The molecule has 0 unspecified atom stereocenters. The molecule has 4 rings (SSSR count). The Labute approximate surface area is 265 Å². The zero-order chi connectivity index (χ0) is 29.4. The third-order valence-electron chi connectivity index (χ3n) is 5.77. The second kappa shape index (κ2) is 15.5. The van der Waals surface area contributed by atoms with Crippen LogP contribution in [-0.4, -0.2) is 79.4 Å². The van der Waals surface area contributed by atoms with Crippen LogP contribution in [0.1, 0.15) is 57.7 Å². The molecule has 0 aliphatic rings. The molecule has 2 heterocycles. The molecule has 0 bridgehead atoms. The van der Waals surface area contributed by atoms with Crippen molar-refractivity contribution in [1.29, 1.82) is 0 Å². The van der Waals surface area contributed by atoms with Crippen molar-refractivity contribution in [2.45, 2.75) is 26.7 Å². The van der Waals surface area contributed by atoms with Gasteiger partial charge < -0.3 is 22.5 Å². The van der Waals surface area contributed by atoms with Gasteiger partial charge >= 0.3 is 35.0 Å². The van der Waals surface area contributed by atoms with Gasteiger partial charge in [-0.3, -0.25) is 0 Å². The molecule has 10 nitrogen and oxygen atoms in total. The molecule has 2 N–H and O–H groups in total. The predicted molar refractivity (Wildman–Crippen MR) is 157 cm³/mol. The quantitative estimate of drug-likeness (QED) is 0.251. The van der Waals surface area contributed by atoms with Gasteiger partial charge in [0.1, 0.15) is 0 Å². The molecule has 0 atom stereocenters. The van der Waals surface area contributed by atoms with E-state index in [0.29, 0.717) is 34.3 Å². The summed E-state index contributed by atoms with van der Waals surface area (Å²) < 4.78 is 10.3. The van der Waals surface area contributed by atoms with Crippen molar-refractivity contribution in [3.05, 3.63) is 104 Å². The fourth-order valence-corrected chi connectivity index (χ4v) is 4.15. The van der Waals surface area contributed by atoms with Crippen LogP contribution in [0.4, 0.5) is 0 Å². The summed E-state index contributed by atoms with van der Waals surface area (Å²) in [6, 6.07) is 14.8. The number of halogens is 2. The molecule has 0 spiro atoms. The summed E-state index contributed by atoms with van der Waals surface area (Å²) in [5.41, 5.74) is 4.39. The molecule has 0 aliphatic carbocycles. The number of rotatable bonds is 8. The van der Waals surface area contributed by atoms with Crippen molar-refractivity contribution in [2.24, 2.45) is 0 Å². The van der Waals surface area contributed by atoms with Crippen LogP contribution in [0.3, 0.4) is 0 Å². The van der Waals surface area contributed by atoms with Gasteiger partial charge in [-0.2, -0.15) is 9.97 Å². The minimum Gasteiger partial charge on any atom is -1.00 e. The summed E-state index contributed by atoms with van der Waals surface area (Å²) in [5.74, 6) is -2.40. The molecule has 0 saturated heterocycles. The maximum atomic E-state index is 10.9. The molecule has 0 radical (unpaired) electrons. The van der Waals surface area contributed by atoms with Gasteiger partial charge in [0.25, 0.3) is 0 Å². The summed E-state index contributed by atoms with van der Waals surface area (Å²) >= 11 is 12.3. The topological polar surface area (TPSA) is 145 Å². The van der Waals surface area contributed by atoms with Crippen molar-refractivity contribution >= 4 is 58.2 Å². The second-order valence-corrected chi connectivity index (χ2v) is 9.20. The van der Waals surface area contributed by atoms with E-state index in [4.69, 9.17) is 42.9 Å². The number of benzene rings is 2. The van der Waals surface area contributed by atoms with E-state index in [-0.39, 0.29) is 49.3 Å². The average Bonchev–Trinajstić information content (AvgIpc) is 2.92. The van der Waals surface area contributed by atoms with E-state index in [9.17, 15) is 9.59 Å². The summed E-state index contributed by atoms with van der Waals surface area (Å²) in [4.78, 5) is 37.6. The van der Waals surface area contributed by atoms with Crippen LogP contribution in [0.25, 0.3) is 0 Å². The van der Waals surface area contributed by atoms with Gasteiger partial charge in [0, 0.05) is 45.4 Å². The first-order valence-corrected chi connectivity index (χ1v) is 12.6. The summed E-state index contributed by atoms with van der Waals surface area (Å²) in [6.45, 7) is 3.45. The number of carboxylic acid groups (broad SMARTS) is 2. The first-order valence-electron chi connectivity index (χ1n) is 11.8. The third-order valence-corrected chi connectivity index (χ3v) is 6.51. The van der Waals surface area contributed by atoms with Crippen LogP contribution in [0.2, 0.25) is 10.0 Å². The van der Waals surface area contributed by atoms with Gasteiger partial charge in [0.15, 0.2) is 0 Å². The van der Waals surface area contributed by atoms with Gasteiger partial charge in [-0.25, -0.2) is 19.6 Å². The van der Waals surface area contributed by atoms with E-state index in [2.05, 4.69) is 19.9 Å². The third kappa shape index (κ3) is 8.73. The van der Waals surface area contributed by atoms with E-state index >= 15 is 0 Å². The van der Waals surface area contributed by atoms with Crippen molar-refractivity contribution in [1.82, 2.24) is 19.9 Å². The van der Waals surface area contributed by atoms with Crippen molar-refractivity contribution < 1.29 is 32.1 Å². The van der Waals surface area contributed by atoms with Gasteiger partial charge in [0.2, 0.25) is 23.4 Å². The molecule has 0 saturated carbocycles. The molecule has 2 aromatic carbocycles. The molecule has 212 valence electrons. The molecule has 0 aliphatic heterocycles. The fraction of sp³-hybridized carbons (Fsp3) is 0.214. The summed E-state index contributed by atoms with van der Waals surface area (Å²) in [7, 11) is 2.90. The average molecular weight is 612 g/mol. The van der Waals surface area contributed by atoms with Gasteiger partial charge in [-0.05, 0) is 37.1 Å². The van der Waals surface area contributed by atoms with Crippen LogP contribution < -0.4 is 9.47 Å². The van der Waals surface area contributed by atoms with Gasteiger partial charge in [-0.1, -0.05) is 59.6 Å². The maximum Gasteiger partial charge on any atom is 2.00 e. The zero-order valence-corrected chi connectivity index (χ0v) is 25.7.